The number of nitrogens with zero attached hydrogens (tertiary/aromatic N) is 1. The van der Waals surface area contributed by atoms with Gasteiger partial charge >= 0.3 is 5.97 Å². The Morgan fingerprint density at radius 1 is 1.67 bits per heavy atom. The van der Waals surface area contributed by atoms with Crippen molar-refractivity contribution in [3.63, 3.8) is 0 Å². The molecule has 0 saturated heterocycles. The molecular weight excluding hydrogens is 222 g/mol. The van der Waals surface area contributed by atoms with Crippen LogP contribution in [0.3, 0.4) is 0 Å². The number of aromatic nitrogens is 1. The molecule has 0 aliphatic heterocycles. The molecule has 0 aromatic carbocycles. The lowest BCUT2D eigenvalue weighted by molar-refractivity contribution is 0.0599. The number of methoxy groups -OCH3 is 1. The normalized spacial score (nSPS) is 9.58. The highest BCUT2D eigenvalue weighted by Crippen LogP contribution is 2.19. The fourth-order valence-corrected chi connectivity index (χ4v) is 1.21. The topological polar surface area (TPSA) is 39.2 Å². The zero-order valence-corrected chi connectivity index (χ0v) is 8.38. The minimum absolute atomic E-state index is 0.354. The molecule has 0 bridgehead atoms. The Hall–Kier alpha value is -0.900. The summed E-state index contributed by atoms with van der Waals surface area (Å²) in [5.74, 6) is -0.354. The Morgan fingerprint density at radius 3 is 2.92 bits per heavy atom. The van der Waals surface area contributed by atoms with Crippen molar-refractivity contribution in [2.75, 3.05) is 7.11 Å². The summed E-state index contributed by atoms with van der Waals surface area (Å²) in [4.78, 5) is 15.1. The maximum Gasteiger partial charge on any atom is 0.339 e. The maximum absolute atomic E-state index is 11.1. The van der Waals surface area contributed by atoms with Crippen molar-refractivity contribution in [1.82, 2.24) is 4.98 Å². The molecule has 1 aromatic rings. The smallest absolute Gasteiger partial charge is 0.339 e. The largest absolute Gasteiger partial charge is 0.465 e. The monoisotopic (exact) mass is 229 g/mol. The molecule has 4 heteroatoms. The lowest BCUT2D eigenvalue weighted by atomic mass is 10.2. The fourth-order valence-electron chi connectivity index (χ4n) is 0.816. The second-order valence-corrected chi connectivity index (χ2v) is 3.04. The number of hydrogen-bond donors (Lipinski definition) is 0. The van der Waals surface area contributed by atoms with Crippen LogP contribution in [0.1, 0.15) is 16.1 Å². The van der Waals surface area contributed by atoms with E-state index in [9.17, 15) is 4.79 Å². The summed E-state index contributed by atoms with van der Waals surface area (Å²) >= 11 is 3.26. The summed E-state index contributed by atoms with van der Waals surface area (Å²) in [7, 11) is 1.35. The molecule has 0 atom stereocenters. The third-order valence-electron chi connectivity index (χ3n) is 1.47. The van der Waals surface area contributed by atoms with Crippen molar-refractivity contribution >= 4 is 21.9 Å². The van der Waals surface area contributed by atoms with E-state index in [1.54, 1.807) is 12.3 Å². The number of esters is 1. The van der Waals surface area contributed by atoms with Gasteiger partial charge in [-0.3, -0.25) is 4.98 Å². The molecule has 0 amide bonds. The molecule has 0 unspecified atom stereocenters. The number of pyridine rings is 1. The first-order valence-electron chi connectivity index (χ1n) is 3.36. The third-order valence-corrected chi connectivity index (χ3v) is 2.47. The van der Waals surface area contributed by atoms with Crippen molar-refractivity contribution in [2.45, 2.75) is 6.92 Å². The summed E-state index contributed by atoms with van der Waals surface area (Å²) < 4.78 is 5.27. The molecule has 0 N–H and O–H groups in total. The first kappa shape index (κ1) is 9.19. The number of aryl methyl sites for hydroxylation is 1. The molecule has 0 radical (unpaired) electrons. The van der Waals surface area contributed by atoms with Gasteiger partial charge in [-0.05, 0) is 28.9 Å². The van der Waals surface area contributed by atoms with Gasteiger partial charge in [0, 0.05) is 6.20 Å². The van der Waals surface area contributed by atoms with Crippen LogP contribution < -0.4 is 0 Å². The van der Waals surface area contributed by atoms with Crippen LogP contribution in [0.5, 0.6) is 0 Å². The van der Waals surface area contributed by atoms with Crippen molar-refractivity contribution in [3.05, 3.63) is 28.0 Å². The van der Waals surface area contributed by atoms with Crippen LogP contribution in [0.15, 0.2) is 16.7 Å². The molecule has 0 saturated carbocycles. The van der Waals surface area contributed by atoms with E-state index < -0.39 is 0 Å². The Morgan fingerprint density at radius 2 is 2.33 bits per heavy atom. The second-order valence-electron chi connectivity index (χ2n) is 2.25. The summed E-state index contributed by atoms with van der Waals surface area (Å²) in [6.45, 7) is 1.82. The Labute approximate surface area is 78.9 Å². The van der Waals surface area contributed by atoms with Crippen LogP contribution in [-0.4, -0.2) is 18.1 Å². The van der Waals surface area contributed by atoms with Crippen LogP contribution in [0.2, 0.25) is 0 Å². The van der Waals surface area contributed by atoms with Gasteiger partial charge in [0.1, 0.15) is 0 Å². The number of ether oxygens (including phenoxy) is 1. The minimum Gasteiger partial charge on any atom is -0.465 e. The van der Waals surface area contributed by atoms with Crippen LogP contribution in [0, 0.1) is 6.92 Å². The van der Waals surface area contributed by atoms with Crippen molar-refractivity contribution in [3.8, 4) is 0 Å². The van der Waals surface area contributed by atoms with Crippen molar-refractivity contribution in [1.29, 1.82) is 0 Å². The lowest BCUT2D eigenvalue weighted by Gasteiger charge is -2.02. The molecule has 64 valence electrons. The average Bonchev–Trinajstić information content (AvgIpc) is 2.08. The molecule has 0 aliphatic carbocycles. The molecule has 1 aromatic heterocycles. The first-order chi connectivity index (χ1) is 5.66. The van der Waals surface area contributed by atoms with E-state index in [-0.39, 0.29) is 5.97 Å². The Balaban J connectivity index is 3.16. The van der Waals surface area contributed by atoms with E-state index >= 15 is 0 Å². The van der Waals surface area contributed by atoms with Gasteiger partial charge in [-0.1, -0.05) is 0 Å². The standard InChI is InChI=1S/C8H8BrNO2/c1-5-7(9)6(3-4-10-5)8(11)12-2/h3-4H,1-2H3. The molecule has 0 aliphatic rings. The molecule has 0 spiro atoms. The first-order valence-corrected chi connectivity index (χ1v) is 4.15. The van der Waals surface area contributed by atoms with E-state index in [4.69, 9.17) is 0 Å². The van der Waals surface area contributed by atoms with Gasteiger partial charge < -0.3 is 4.74 Å². The van der Waals surface area contributed by atoms with Gasteiger partial charge in [-0.2, -0.15) is 0 Å². The zero-order valence-electron chi connectivity index (χ0n) is 6.80. The van der Waals surface area contributed by atoms with E-state index in [0.717, 1.165) is 5.69 Å². The number of rotatable bonds is 1. The second kappa shape index (κ2) is 3.67. The van der Waals surface area contributed by atoms with Gasteiger partial charge in [-0.25, -0.2) is 4.79 Å². The van der Waals surface area contributed by atoms with Gasteiger partial charge in [0.2, 0.25) is 0 Å². The summed E-state index contributed by atoms with van der Waals surface area (Å²) in [5.41, 5.74) is 1.28. The molecule has 1 rings (SSSR count). The predicted octanol–water partition coefficient (Wildman–Crippen LogP) is 1.94. The minimum atomic E-state index is -0.354. The van der Waals surface area contributed by atoms with E-state index in [0.29, 0.717) is 10.0 Å². The van der Waals surface area contributed by atoms with Crippen LogP contribution >= 0.6 is 15.9 Å². The Bertz CT molecular complexity index is 312. The predicted molar refractivity (Wildman–Crippen MR) is 48.0 cm³/mol. The number of carbonyl (C=O) groups excluding carboxylic acids is 1. The van der Waals surface area contributed by atoms with Gasteiger partial charge in [-0.15, -0.1) is 0 Å². The number of carbonyl (C=O) groups is 1. The highest BCUT2D eigenvalue weighted by molar-refractivity contribution is 9.10. The summed E-state index contributed by atoms with van der Waals surface area (Å²) in [5, 5.41) is 0. The van der Waals surface area contributed by atoms with Gasteiger partial charge in [0.25, 0.3) is 0 Å². The quantitative estimate of drug-likeness (QED) is 0.692. The van der Waals surface area contributed by atoms with Crippen molar-refractivity contribution in [2.24, 2.45) is 0 Å². The zero-order chi connectivity index (χ0) is 9.14. The third kappa shape index (κ3) is 1.64. The van der Waals surface area contributed by atoms with Crippen molar-refractivity contribution < 1.29 is 9.53 Å². The van der Waals surface area contributed by atoms with Gasteiger partial charge in [0.15, 0.2) is 0 Å². The van der Waals surface area contributed by atoms with E-state index in [2.05, 4.69) is 25.7 Å². The molecular formula is C8H8BrNO2. The molecule has 12 heavy (non-hydrogen) atoms. The van der Waals surface area contributed by atoms with Crippen LogP contribution in [0.25, 0.3) is 0 Å². The highest BCUT2D eigenvalue weighted by atomic mass is 79.9. The average molecular weight is 230 g/mol. The van der Waals surface area contributed by atoms with Crippen LogP contribution in [0.4, 0.5) is 0 Å². The van der Waals surface area contributed by atoms with E-state index in [1.807, 2.05) is 6.92 Å². The highest BCUT2D eigenvalue weighted by Gasteiger charge is 2.11. The van der Waals surface area contributed by atoms with Gasteiger partial charge in [0.05, 0.1) is 22.8 Å². The number of hydrogen-bond acceptors (Lipinski definition) is 3. The van der Waals surface area contributed by atoms with E-state index in [1.165, 1.54) is 7.11 Å². The Kier molecular flexibility index (Phi) is 2.81. The number of halogens is 1. The molecule has 3 nitrogen and oxygen atoms in total. The summed E-state index contributed by atoms with van der Waals surface area (Å²) in [6.07, 6.45) is 1.58. The van der Waals surface area contributed by atoms with Crippen LogP contribution in [-0.2, 0) is 4.74 Å². The molecule has 0 fully saturated rings. The SMILES string of the molecule is COC(=O)c1ccnc(C)c1Br. The molecule has 1 heterocycles. The maximum atomic E-state index is 11.1. The fraction of sp³-hybridized carbons (Fsp3) is 0.250. The lowest BCUT2D eigenvalue weighted by Crippen LogP contribution is -2.03. The summed E-state index contributed by atoms with van der Waals surface area (Å²) in [6, 6.07) is 1.61.